The number of benzene rings is 2. The highest BCUT2D eigenvalue weighted by atomic mass is 35.5. The Balaban J connectivity index is 1.97. The molecule has 0 atom stereocenters. The third kappa shape index (κ3) is 3.34. The zero-order valence-electron chi connectivity index (χ0n) is 10.0. The van der Waals surface area contributed by atoms with Crippen molar-refractivity contribution in [1.82, 2.24) is 0 Å². The lowest BCUT2D eigenvalue weighted by molar-refractivity contribution is 0.101. The van der Waals surface area contributed by atoms with Crippen molar-refractivity contribution in [1.29, 1.82) is 0 Å². The first-order valence-corrected chi connectivity index (χ1v) is 6.01. The second-order valence-electron chi connectivity index (χ2n) is 4.00. The summed E-state index contributed by atoms with van der Waals surface area (Å²) in [5.41, 5.74) is 1.74. The van der Waals surface area contributed by atoms with Crippen LogP contribution in [0.25, 0.3) is 0 Å². The highest BCUT2D eigenvalue weighted by Crippen LogP contribution is 2.15. The van der Waals surface area contributed by atoms with Crippen LogP contribution >= 0.6 is 11.6 Å². The van der Waals surface area contributed by atoms with Crippen LogP contribution in [0.2, 0.25) is 5.02 Å². The molecule has 2 nitrogen and oxygen atoms in total. The number of ketones is 1. The summed E-state index contributed by atoms with van der Waals surface area (Å²) in [5.74, 6) is 0.800. The van der Waals surface area contributed by atoms with Gasteiger partial charge < -0.3 is 4.74 Å². The molecule has 3 heteroatoms. The van der Waals surface area contributed by atoms with E-state index in [2.05, 4.69) is 0 Å². The predicted octanol–water partition coefficient (Wildman–Crippen LogP) is 4.12. The Labute approximate surface area is 111 Å². The molecule has 2 aromatic rings. The van der Waals surface area contributed by atoms with Gasteiger partial charge in [-0.2, -0.15) is 0 Å². The average Bonchev–Trinajstić information content (AvgIpc) is 2.38. The maximum absolute atomic E-state index is 11.1. The minimum atomic E-state index is 0.0549. The van der Waals surface area contributed by atoms with Crippen molar-refractivity contribution in [3.63, 3.8) is 0 Å². The number of hydrogen-bond acceptors (Lipinski definition) is 2. The molecular formula is C15H13ClO2. The molecule has 0 saturated heterocycles. The average molecular weight is 261 g/mol. The third-order valence-corrected chi connectivity index (χ3v) is 2.83. The van der Waals surface area contributed by atoms with Crippen molar-refractivity contribution in [2.24, 2.45) is 0 Å². The Morgan fingerprint density at radius 1 is 1.06 bits per heavy atom. The number of hydrogen-bond donors (Lipinski definition) is 0. The van der Waals surface area contributed by atoms with Crippen molar-refractivity contribution in [2.45, 2.75) is 13.5 Å². The smallest absolute Gasteiger partial charge is 0.159 e. The van der Waals surface area contributed by atoms with Gasteiger partial charge in [-0.05, 0) is 48.9 Å². The largest absolute Gasteiger partial charge is 0.489 e. The minimum Gasteiger partial charge on any atom is -0.489 e. The zero-order chi connectivity index (χ0) is 13.0. The fourth-order valence-corrected chi connectivity index (χ4v) is 1.66. The fourth-order valence-electron chi connectivity index (χ4n) is 1.53. The first-order chi connectivity index (χ1) is 8.65. The summed E-state index contributed by atoms with van der Waals surface area (Å²) in [5, 5.41) is 0.713. The maximum Gasteiger partial charge on any atom is 0.159 e. The third-order valence-electron chi connectivity index (χ3n) is 2.58. The quantitative estimate of drug-likeness (QED) is 0.773. The number of halogens is 1. The SMILES string of the molecule is CC(=O)c1ccc(OCc2ccc(Cl)cc2)cc1. The van der Waals surface area contributed by atoms with Gasteiger partial charge in [0.25, 0.3) is 0 Å². The van der Waals surface area contributed by atoms with Crippen molar-refractivity contribution in [3.05, 3.63) is 64.7 Å². The van der Waals surface area contributed by atoms with Crippen LogP contribution in [-0.4, -0.2) is 5.78 Å². The molecule has 0 aliphatic heterocycles. The molecular weight excluding hydrogens is 248 g/mol. The van der Waals surface area contributed by atoms with Crippen molar-refractivity contribution >= 4 is 17.4 Å². The zero-order valence-corrected chi connectivity index (χ0v) is 10.8. The van der Waals surface area contributed by atoms with E-state index < -0.39 is 0 Å². The molecule has 0 heterocycles. The molecule has 2 rings (SSSR count). The monoisotopic (exact) mass is 260 g/mol. The van der Waals surface area contributed by atoms with Crippen LogP contribution < -0.4 is 4.74 Å². The molecule has 0 amide bonds. The normalized spacial score (nSPS) is 10.1. The Kier molecular flexibility index (Phi) is 4.00. The Morgan fingerprint density at radius 3 is 2.22 bits per heavy atom. The van der Waals surface area contributed by atoms with E-state index in [1.807, 2.05) is 24.3 Å². The number of ether oxygens (including phenoxy) is 1. The van der Waals surface area contributed by atoms with Gasteiger partial charge in [0.2, 0.25) is 0 Å². The lowest BCUT2D eigenvalue weighted by Crippen LogP contribution is -1.96. The number of rotatable bonds is 4. The molecule has 0 aliphatic carbocycles. The number of Topliss-reactive ketones (excluding diaryl/α,β-unsaturated/α-hetero) is 1. The Bertz CT molecular complexity index is 529. The van der Waals surface area contributed by atoms with Gasteiger partial charge in [0.15, 0.2) is 5.78 Å². The molecule has 0 aromatic heterocycles. The first kappa shape index (κ1) is 12.7. The Morgan fingerprint density at radius 2 is 1.67 bits per heavy atom. The van der Waals surface area contributed by atoms with E-state index in [4.69, 9.17) is 16.3 Å². The molecule has 0 bridgehead atoms. The van der Waals surface area contributed by atoms with Crippen LogP contribution in [0.5, 0.6) is 5.75 Å². The lowest BCUT2D eigenvalue weighted by Gasteiger charge is -2.06. The summed E-state index contributed by atoms with van der Waals surface area (Å²) in [6.07, 6.45) is 0. The molecule has 0 N–H and O–H groups in total. The van der Waals surface area contributed by atoms with Gasteiger partial charge in [-0.3, -0.25) is 4.79 Å². The lowest BCUT2D eigenvalue weighted by atomic mass is 10.1. The van der Waals surface area contributed by atoms with Gasteiger partial charge in [-0.1, -0.05) is 23.7 Å². The van der Waals surface area contributed by atoms with Crippen molar-refractivity contribution < 1.29 is 9.53 Å². The molecule has 0 unspecified atom stereocenters. The van der Waals surface area contributed by atoms with E-state index in [0.717, 1.165) is 11.3 Å². The van der Waals surface area contributed by atoms with E-state index in [1.165, 1.54) is 0 Å². The summed E-state index contributed by atoms with van der Waals surface area (Å²) in [6, 6.07) is 14.6. The van der Waals surface area contributed by atoms with E-state index in [1.54, 1.807) is 31.2 Å². The maximum atomic E-state index is 11.1. The standard InChI is InChI=1S/C15H13ClO2/c1-11(17)13-4-8-15(9-5-13)18-10-12-2-6-14(16)7-3-12/h2-9H,10H2,1H3. The fraction of sp³-hybridized carbons (Fsp3) is 0.133. The van der Waals surface area contributed by atoms with E-state index in [9.17, 15) is 4.79 Å². The van der Waals surface area contributed by atoms with Gasteiger partial charge in [-0.25, -0.2) is 0 Å². The molecule has 0 radical (unpaired) electrons. The van der Waals surface area contributed by atoms with Crippen LogP contribution in [0, 0.1) is 0 Å². The van der Waals surface area contributed by atoms with E-state index in [0.29, 0.717) is 17.2 Å². The summed E-state index contributed by atoms with van der Waals surface area (Å²) in [6.45, 7) is 2.03. The van der Waals surface area contributed by atoms with Crippen molar-refractivity contribution in [3.8, 4) is 5.75 Å². The van der Waals surface area contributed by atoms with Crippen LogP contribution in [0.4, 0.5) is 0 Å². The minimum absolute atomic E-state index is 0.0549. The van der Waals surface area contributed by atoms with Gasteiger partial charge in [0.05, 0.1) is 0 Å². The second kappa shape index (κ2) is 5.69. The van der Waals surface area contributed by atoms with E-state index >= 15 is 0 Å². The van der Waals surface area contributed by atoms with Gasteiger partial charge in [0, 0.05) is 10.6 Å². The summed E-state index contributed by atoms with van der Waals surface area (Å²) >= 11 is 5.80. The van der Waals surface area contributed by atoms with Crippen LogP contribution in [0.15, 0.2) is 48.5 Å². The number of carbonyl (C=O) groups excluding carboxylic acids is 1. The number of carbonyl (C=O) groups is 1. The molecule has 0 fully saturated rings. The molecule has 18 heavy (non-hydrogen) atoms. The van der Waals surface area contributed by atoms with Gasteiger partial charge >= 0.3 is 0 Å². The van der Waals surface area contributed by atoms with Gasteiger partial charge in [-0.15, -0.1) is 0 Å². The molecule has 0 aliphatic rings. The van der Waals surface area contributed by atoms with Crippen LogP contribution in [0.3, 0.4) is 0 Å². The van der Waals surface area contributed by atoms with Crippen molar-refractivity contribution in [2.75, 3.05) is 0 Å². The Hall–Kier alpha value is -1.80. The van der Waals surface area contributed by atoms with E-state index in [-0.39, 0.29) is 5.78 Å². The molecule has 0 saturated carbocycles. The molecule has 0 spiro atoms. The summed E-state index contributed by atoms with van der Waals surface area (Å²) in [7, 11) is 0. The highest BCUT2D eigenvalue weighted by molar-refractivity contribution is 6.30. The van der Waals surface area contributed by atoms with Crippen LogP contribution in [0.1, 0.15) is 22.8 Å². The van der Waals surface area contributed by atoms with Gasteiger partial charge in [0.1, 0.15) is 12.4 Å². The molecule has 92 valence electrons. The molecule has 2 aromatic carbocycles. The topological polar surface area (TPSA) is 26.3 Å². The second-order valence-corrected chi connectivity index (χ2v) is 4.43. The summed E-state index contributed by atoms with van der Waals surface area (Å²) < 4.78 is 5.61. The highest BCUT2D eigenvalue weighted by Gasteiger charge is 2.00. The summed E-state index contributed by atoms with van der Waals surface area (Å²) in [4.78, 5) is 11.1. The van der Waals surface area contributed by atoms with Crippen LogP contribution in [-0.2, 0) is 6.61 Å². The first-order valence-electron chi connectivity index (χ1n) is 5.63. The predicted molar refractivity (Wildman–Crippen MR) is 72.2 cm³/mol.